The fourth-order valence-corrected chi connectivity index (χ4v) is 8.00. The Kier molecular flexibility index (Phi) is 8.57. The van der Waals surface area contributed by atoms with Gasteiger partial charge in [0.25, 0.3) is 0 Å². The predicted molar refractivity (Wildman–Crippen MR) is 236 cm³/mol. The van der Waals surface area contributed by atoms with Crippen LogP contribution in [-0.4, -0.2) is 19.5 Å². The van der Waals surface area contributed by atoms with Crippen LogP contribution in [0.1, 0.15) is 11.1 Å². The van der Waals surface area contributed by atoms with Gasteiger partial charge in [0.15, 0.2) is 17.5 Å². The van der Waals surface area contributed by atoms with Gasteiger partial charge < -0.3 is 4.57 Å². The van der Waals surface area contributed by atoms with Crippen molar-refractivity contribution in [1.29, 1.82) is 0 Å². The first-order chi connectivity index (χ1) is 28.1. The Morgan fingerprint density at radius 2 is 0.772 bits per heavy atom. The number of rotatable bonds is 7. The number of fused-ring (bicyclic) bond motifs is 3. The summed E-state index contributed by atoms with van der Waals surface area (Å²) in [4.78, 5) is 14.7. The molecule has 0 aliphatic carbocycles. The lowest BCUT2D eigenvalue weighted by atomic mass is 9.93. The zero-order valence-corrected chi connectivity index (χ0v) is 31.8. The number of nitrogens with zero attached hydrogens (tertiary/aromatic N) is 4. The Hall–Kier alpha value is -7.43. The van der Waals surface area contributed by atoms with E-state index < -0.39 is 0 Å². The topological polar surface area (TPSA) is 43.6 Å². The molecule has 8 aromatic carbocycles. The van der Waals surface area contributed by atoms with Gasteiger partial charge in [0.1, 0.15) is 0 Å². The molecule has 0 unspecified atom stereocenters. The molecule has 0 radical (unpaired) electrons. The van der Waals surface area contributed by atoms with Crippen LogP contribution in [0.15, 0.2) is 194 Å². The van der Waals surface area contributed by atoms with Gasteiger partial charge in [0, 0.05) is 33.2 Å². The van der Waals surface area contributed by atoms with Crippen molar-refractivity contribution < 1.29 is 0 Å². The average molecular weight is 731 g/mol. The highest BCUT2D eigenvalue weighted by molar-refractivity contribution is 6.10. The molecule has 0 fully saturated rings. The highest BCUT2D eigenvalue weighted by Gasteiger charge is 2.16. The van der Waals surface area contributed by atoms with Crippen molar-refractivity contribution in [3.05, 3.63) is 205 Å². The lowest BCUT2D eigenvalue weighted by Gasteiger charge is -2.13. The third kappa shape index (κ3) is 6.37. The van der Waals surface area contributed by atoms with E-state index in [0.717, 1.165) is 33.5 Å². The molecule has 0 N–H and O–H groups in total. The number of hydrogen-bond acceptors (Lipinski definition) is 3. The van der Waals surface area contributed by atoms with Crippen molar-refractivity contribution >= 4 is 21.8 Å². The lowest BCUT2D eigenvalue weighted by Crippen LogP contribution is -2.00. The summed E-state index contributed by atoms with van der Waals surface area (Å²) in [6.07, 6.45) is 0. The smallest absolute Gasteiger partial charge is 0.164 e. The van der Waals surface area contributed by atoms with E-state index in [1.807, 2.05) is 60.7 Å². The summed E-state index contributed by atoms with van der Waals surface area (Å²) in [6, 6.07) is 68.6. The Balaban J connectivity index is 0.979. The molecule has 4 nitrogen and oxygen atoms in total. The molecular formula is C53H38N4. The number of para-hydroxylation sites is 1. The van der Waals surface area contributed by atoms with E-state index in [2.05, 4.69) is 152 Å². The average Bonchev–Trinajstić information content (AvgIpc) is 3.61. The summed E-state index contributed by atoms with van der Waals surface area (Å²) in [5.41, 5.74) is 16.2. The third-order valence-corrected chi connectivity index (χ3v) is 11.0. The molecule has 10 aromatic rings. The maximum absolute atomic E-state index is 4.93. The van der Waals surface area contributed by atoms with E-state index in [1.54, 1.807) is 0 Å². The molecule has 0 spiro atoms. The quantitative estimate of drug-likeness (QED) is 0.164. The minimum Gasteiger partial charge on any atom is -0.309 e. The zero-order chi connectivity index (χ0) is 38.3. The highest BCUT2D eigenvalue weighted by atomic mass is 15.0. The second kappa shape index (κ2) is 14.3. The van der Waals surface area contributed by atoms with Crippen LogP contribution in [0.5, 0.6) is 0 Å². The normalized spacial score (nSPS) is 11.3. The molecule has 0 amide bonds. The molecule has 0 aliphatic heterocycles. The van der Waals surface area contributed by atoms with Crippen molar-refractivity contribution in [3.63, 3.8) is 0 Å². The Bertz CT molecular complexity index is 3000. The molecule has 270 valence electrons. The first-order valence-corrected chi connectivity index (χ1v) is 19.4. The summed E-state index contributed by atoms with van der Waals surface area (Å²) < 4.78 is 2.38. The largest absolute Gasteiger partial charge is 0.309 e. The SMILES string of the molecule is Cc1ccccc1-c1ccc(-c2ccc(-n3c4ccccc4c4cc(-c5ccc(-c6nc(-c7ccccc7)nc(-c7ccccc7)n6)cc5)ccc43)cc2)cc1C. The minimum absolute atomic E-state index is 0.646. The Labute approximate surface area is 332 Å². The van der Waals surface area contributed by atoms with Crippen molar-refractivity contribution in [2.24, 2.45) is 0 Å². The molecule has 0 bridgehead atoms. The second-order valence-corrected chi connectivity index (χ2v) is 14.6. The molecule has 2 heterocycles. The summed E-state index contributed by atoms with van der Waals surface area (Å²) >= 11 is 0. The molecule has 0 atom stereocenters. The van der Waals surface area contributed by atoms with Crippen molar-refractivity contribution in [2.75, 3.05) is 0 Å². The maximum Gasteiger partial charge on any atom is 0.164 e. The van der Waals surface area contributed by atoms with Gasteiger partial charge in [0.05, 0.1) is 11.0 Å². The van der Waals surface area contributed by atoms with Gasteiger partial charge in [-0.1, -0.05) is 164 Å². The summed E-state index contributed by atoms with van der Waals surface area (Å²) in [5, 5.41) is 2.45. The molecule has 4 heteroatoms. The maximum atomic E-state index is 4.93. The summed E-state index contributed by atoms with van der Waals surface area (Å²) in [6.45, 7) is 4.38. The first kappa shape index (κ1) is 34.1. The minimum atomic E-state index is 0.646. The van der Waals surface area contributed by atoms with E-state index in [1.165, 1.54) is 55.2 Å². The summed E-state index contributed by atoms with van der Waals surface area (Å²) in [7, 11) is 0. The number of aryl methyl sites for hydroxylation is 2. The van der Waals surface area contributed by atoms with Crippen LogP contribution in [0.25, 0.3) is 95.0 Å². The highest BCUT2D eigenvalue weighted by Crippen LogP contribution is 2.37. The lowest BCUT2D eigenvalue weighted by molar-refractivity contribution is 1.07. The van der Waals surface area contributed by atoms with Crippen LogP contribution in [0, 0.1) is 13.8 Å². The van der Waals surface area contributed by atoms with E-state index in [0.29, 0.717) is 17.5 Å². The summed E-state index contributed by atoms with van der Waals surface area (Å²) in [5.74, 6) is 1.96. The van der Waals surface area contributed by atoms with Crippen molar-refractivity contribution in [3.8, 4) is 73.2 Å². The van der Waals surface area contributed by atoms with Gasteiger partial charge in [-0.25, -0.2) is 15.0 Å². The molecule has 10 rings (SSSR count). The molecule has 0 saturated carbocycles. The Morgan fingerprint density at radius 1 is 0.316 bits per heavy atom. The molecule has 0 saturated heterocycles. The fraction of sp³-hybridized carbons (Fsp3) is 0.0377. The van der Waals surface area contributed by atoms with Crippen LogP contribution in [0.4, 0.5) is 0 Å². The van der Waals surface area contributed by atoms with Gasteiger partial charge >= 0.3 is 0 Å². The van der Waals surface area contributed by atoms with Gasteiger partial charge in [-0.05, 0) is 88.7 Å². The zero-order valence-electron chi connectivity index (χ0n) is 31.8. The van der Waals surface area contributed by atoms with E-state index >= 15 is 0 Å². The van der Waals surface area contributed by atoms with E-state index in [-0.39, 0.29) is 0 Å². The van der Waals surface area contributed by atoms with Gasteiger partial charge in [-0.2, -0.15) is 0 Å². The number of aromatic nitrogens is 4. The van der Waals surface area contributed by atoms with E-state index in [9.17, 15) is 0 Å². The van der Waals surface area contributed by atoms with Gasteiger partial charge in [0.2, 0.25) is 0 Å². The second-order valence-electron chi connectivity index (χ2n) is 14.6. The molecular weight excluding hydrogens is 693 g/mol. The number of benzene rings is 8. The predicted octanol–water partition coefficient (Wildman–Crippen LogP) is 13.6. The van der Waals surface area contributed by atoms with Gasteiger partial charge in [-0.15, -0.1) is 0 Å². The number of hydrogen-bond donors (Lipinski definition) is 0. The first-order valence-electron chi connectivity index (χ1n) is 19.4. The fourth-order valence-electron chi connectivity index (χ4n) is 8.00. The molecule has 2 aromatic heterocycles. The standard InChI is InChI=1S/C53H38N4/c1-35-13-9-10-18-45(35)46-31-27-42(33-36(46)2)38-25-29-44(30-26-38)57-49-20-12-11-19-47(49)48-34-43(28-32-50(48)57)37-21-23-41(24-22-37)53-55-51(39-14-5-3-6-15-39)54-52(56-53)40-16-7-4-8-17-40/h3-34H,1-2H3. The van der Waals surface area contributed by atoms with Crippen molar-refractivity contribution in [1.82, 2.24) is 19.5 Å². The van der Waals surface area contributed by atoms with Crippen LogP contribution in [0.2, 0.25) is 0 Å². The van der Waals surface area contributed by atoms with Crippen LogP contribution >= 0.6 is 0 Å². The van der Waals surface area contributed by atoms with E-state index in [4.69, 9.17) is 15.0 Å². The van der Waals surface area contributed by atoms with Gasteiger partial charge in [-0.3, -0.25) is 0 Å². The molecule has 0 aliphatic rings. The van der Waals surface area contributed by atoms with Crippen LogP contribution in [-0.2, 0) is 0 Å². The van der Waals surface area contributed by atoms with Crippen LogP contribution in [0.3, 0.4) is 0 Å². The van der Waals surface area contributed by atoms with Crippen molar-refractivity contribution in [2.45, 2.75) is 13.8 Å². The monoisotopic (exact) mass is 730 g/mol. The van der Waals surface area contributed by atoms with Crippen LogP contribution < -0.4 is 0 Å². The molecule has 57 heavy (non-hydrogen) atoms. The Morgan fingerprint density at radius 3 is 1.40 bits per heavy atom. The third-order valence-electron chi connectivity index (χ3n) is 11.0.